The number of ether oxygens (including phenoxy) is 1. The Morgan fingerprint density at radius 2 is 0.820 bits per heavy atom. The second-order valence-electron chi connectivity index (χ2n) is 32.1. The number of para-hydroxylation sites is 3. The molecule has 122 heavy (non-hydrogen) atoms. The summed E-state index contributed by atoms with van der Waals surface area (Å²) in [6.07, 6.45) is 7.25. The number of piperazine rings is 4. The van der Waals surface area contributed by atoms with Gasteiger partial charge in [0.1, 0.15) is 69.0 Å². The molecule has 0 bridgehead atoms. The summed E-state index contributed by atoms with van der Waals surface area (Å²) in [5.41, 5.74) is 6.34. The number of nitrogens with zero attached hydrogens (tertiary/aromatic N) is 17. The van der Waals surface area contributed by atoms with Crippen molar-refractivity contribution < 1.29 is 55.8 Å². The molecule has 644 valence electrons. The number of rotatable bonds is 19. The maximum atomic E-state index is 12.9. The highest BCUT2D eigenvalue weighted by Gasteiger charge is 2.45. The Hall–Kier alpha value is -10.1. The number of piperidine rings is 1. The predicted octanol–water partition coefficient (Wildman–Crippen LogP) is 5.73. The van der Waals surface area contributed by atoms with Crippen molar-refractivity contribution >= 4 is 158 Å². The molecule has 1 saturated carbocycles. The first-order chi connectivity index (χ1) is 59.1. The van der Waals surface area contributed by atoms with Crippen molar-refractivity contribution in [3.63, 3.8) is 0 Å². The van der Waals surface area contributed by atoms with Crippen LogP contribution in [0.3, 0.4) is 0 Å². The van der Waals surface area contributed by atoms with E-state index in [1.807, 2.05) is 149 Å². The van der Waals surface area contributed by atoms with Crippen LogP contribution in [0.2, 0.25) is 0 Å². The minimum absolute atomic E-state index is 0.00124. The van der Waals surface area contributed by atoms with Gasteiger partial charge in [-0.2, -0.15) is 19.9 Å². The highest BCUT2D eigenvalue weighted by molar-refractivity contribution is 9.10. The summed E-state index contributed by atoms with van der Waals surface area (Å²) in [6, 6.07) is 36.7. The van der Waals surface area contributed by atoms with Gasteiger partial charge in [-0.15, -0.1) is 0 Å². The third kappa shape index (κ3) is 19.3. The number of carbonyl (C=O) groups is 5. The first-order valence-corrected chi connectivity index (χ1v) is 47.6. The molecule has 7 fully saturated rings. The first kappa shape index (κ1) is 85.5. The summed E-state index contributed by atoms with van der Waals surface area (Å²) in [7, 11) is -2.72. The molecule has 33 nitrogen and oxygen atoms in total. The van der Waals surface area contributed by atoms with E-state index < -0.39 is 43.2 Å². The van der Waals surface area contributed by atoms with Crippen LogP contribution < -0.4 is 60.5 Å². The van der Waals surface area contributed by atoms with Gasteiger partial charge in [-0.25, -0.2) is 19.9 Å². The van der Waals surface area contributed by atoms with Gasteiger partial charge < -0.3 is 80.3 Å². The van der Waals surface area contributed by atoms with E-state index in [1.54, 1.807) is 31.5 Å². The van der Waals surface area contributed by atoms with Gasteiger partial charge in [0.15, 0.2) is 0 Å². The zero-order chi connectivity index (χ0) is 84.9. The Morgan fingerprint density at radius 1 is 0.451 bits per heavy atom. The molecular weight excluding hydrogens is 1700 g/mol. The maximum absolute atomic E-state index is 12.9. The molecule has 4 unspecified atom stereocenters. The van der Waals surface area contributed by atoms with Gasteiger partial charge in [0.2, 0.25) is 53.3 Å². The third-order valence-electron chi connectivity index (χ3n) is 23.4. The summed E-state index contributed by atoms with van der Waals surface area (Å²) >= 11 is 3.47. The van der Waals surface area contributed by atoms with Crippen molar-refractivity contribution in [2.24, 2.45) is 5.92 Å². The van der Waals surface area contributed by atoms with Gasteiger partial charge in [-0.1, -0.05) is 90.4 Å². The Labute approximate surface area is 726 Å². The average molecular weight is 1800 g/mol. The van der Waals surface area contributed by atoms with Gasteiger partial charge in [-0.3, -0.25) is 40.8 Å². The van der Waals surface area contributed by atoms with Gasteiger partial charge >= 0.3 is 0 Å². The SMILES string of the molecule is CC(C)[C@H](CO)Nc1nc(N2CCN(c3ccccc3)C(=O)C2)nc2c1S(=O)CC2.CN1C[C@@H](Nc2nc(N3CCN(c4ccccc4)C(=O)C3)nc3c2S(=O)CC3)CCC1=O.O=C1CN(c2nc3c(c(NC4(CO)CC4)n2)S(=O)CC3)CCN1c1ccccc1.O=C1CN(c2nc3c(c(NC4CCOCC4)n2)S(=O)CC3)CCN1c1cccc(Br)c1. The molecular formula is C84H100BrN21O12S4. The number of aryl methyl sites for hydroxylation is 4. The Morgan fingerprint density at radius 3 is 1.19 bits per heavy atom. The number of likely N-dealkylation sites (N-methyl/N-ethyl adjacent to an activating group) is 1. The fourth-order valence-electron chi connectivity index (χ4n) is 16.3. The molecule has 1 aliphatic carbocycles. The number of hydrogen-bond donors (Lipinski definition) is 6. The van der Waals surface area contributed by atoms with Crippen LogP contribution in [0.4, 0.5) is 69.8 Å². The molecule has 19 rings (SSSR count). The van der Waals surface area contributed by atoms with Crippen molar-refractivity contribution in [3.8, 4) is 0 Å². The third-order valence-corrected chi connectivity index (χ3v) is 29.8. The zero-order valence-electron chi connectivity index (χ0n) is 68.3. The molecule has 6 atom stereocenters. The van der Waals surface area contributed by atoms with Gasteiger partial charge in [0.25, 0.3) is 0 Å². The predicted molar refractivity (Wildman–Crippen MR) is 474 cm³/mol. The second-order valence-corrected chi connectivity index (χ2v) is 39.0. The van der Waals surface area contributed by atoms with Gasteiger partial charge in [0, 0.05) is 174 Å². The van der Waals surface area contributed by atoms with Crippen LogP contribution >= 0.6 is 15.9 Å². The fourth-order valence-corrected chi connectivity index (χ4v) is 21.9. The lowest BCUT2D eigenvalue weighted by atomic mass is 10.1. The molecule has 4 aromatic carbocycles. The molecule has 8 aromatic rings. The maximum Gasteiger partial charge on any atom is 0.246 e. The summed E-state index contributed by atoms with van der Waals surface area (Å²) < 4.78 is 56.6. The highest BCUT2D eigenvalue weighted by atomic mass is 79.9. The Bertz CT molecular complexity index is 5340. The Kier molecular flexibility index (Phi) is 26.6. The number of likely N-dealkylation sites (tertiary alicyclic amines) is 1. The van der Waals surface area contributed by atoms with Crippen molar-refractivity contribution in [1.82, 2.24) is 44.8 Å². The fraction of sp³-hybridized carbons (Fsp3) is 0.464. The van der Waals surface area contributed by atoms with E-state index in [-0.39, 0.29) is 98.5 Å². The standard InChI is InChI=1S/C22H26N6O3S.C21H24BrN5O3S.C21H27N5O3S.C20H23N5O3S/c1-26-13-15(7-8-18(26)29)23-21-20-17(9-12-32(20)31)24-22(25-21)27-10-11-28(19(30)14-27)16-5-3-2-4-6-16;22-14-2-1-3-16(12-14)27-8-7-26(13-18(27)28)21-24-17-6-11-31(29)19(17)20(25-21)23-15-4-9-30-10-5-15;1-14(2)17(13-27)22-20-19-16(8-11-30(19)29)23-21(24-20)25-9-10-26(18(28)12-25)15-6-4-3-5-7-15;26-13-20(7-8-20)23-18-17-15(6-11-29(17)28)21-19(22-18)24-9-10-25(16(27)12-24)14-4-2-1-3-5-14/h2-6,15H,7-14H2,1H3,(H,23,24,25);1-3,12,15H,4-11,13H2,(H,23,24,25);3-7,14,17,27H,8-13H2,1-2H3,(H,22,23,24);1-5,26H,6-13H2,(H,21,22,23)/t15-,32?;;17-,30?;/m0.0./s1. The molecule has 11 aliphatic rings. The van der Waals surface area contributed by atoms with Crippen LogP contribution in [0, 0.1) is 5.92 Å². The summed E-state index contributed by atoms with van der Waals surface area (Å²) in [4.78, 5) is 120. The van der Waals surface area contributed by atoms with Crippen LogP contribution in [-0.2, 0) is 97.6 Å². The summed E-state index contributed by atoms with van der Waals surface area (Å²) in [5.74, 6) is 6.75. The molecule has 4 aromatic heterocycles. The van der Waals surface area contributed by atoms with Crippen LogP contribution in [0.1, 0.15) is 75.1 Å². The van der Waals surface area contributed by atoms with Crippen molar-refractivity contribution in [3.05, 3.63) is 143 Å². The number of aliphatic hydroxyl groups excluding tert-OH is 2. The minimum atomic E-state index is -1.15. The monoisotopic (exact) mass is 1800 g/mol. The number of amides is 5. The number of nitrogens with one attached hydrogen (secondary N) is 4. The molecule has 14 heterocycles. The largest absolute Gasteiger partial charge is 0.394 e. The lowest BCUT2D eigenvalue weighted by molar-refractivity contribution is -0.132. The van der Waals surface area contributed by atoms with Crippen LogP contribution in [0.15, 0.2) is 139 Å². The lowest BCUT2D eigenvalue weighted by Crippen LogP contribution is -2.51. The average Bonchev–Trinajstić information content (AvgIpc) is 1.60. The number of anilines is 12. The Balaban J connectivity index is 0.000000121. The van der Waals surface area contributed by atoms with E-state index in [0.717, 1.165) is 80.6 Å². The normalized spacial score (nSPS) is 22.0. The van der Waals surface area contributed by atoms with Gasteiger partial charge in [0.05, 0.1) is 90.8 Å². The molecule has 38 heteroatoms. The first-order valence-electron chi connectivity index (χ1n) is 41.5. The van der Waals surface area contributed by atoms with E-state index in [4.69, 9.17) is 19.7 Å². The van der Waals surface area contributed by atoms with Crippen molar-refractivity contribution in [1.29, 1.82) is 0 Å². The topological polar surface area (TPSA) is 384 Å². The number of fused-ring (bicyclic) bond motifs is 4. The second kappa shape index (κ2) is 37.9. The minimum Gasteiger partial charge on any atom is -0.394 e. The lowest BCUT2D eigenvalue weighted by Gasteiger charge is -2.35. The van der Waals surface area contributed by atoms with Gasteiger partial charge in [-0.05, 0) is 92.6 Å². The molecule has 0 radical (unpaired) electrons. The number of halogens is 1. The molecule has 10 aliphatic heterocycles. The van der Waals surface area contributed by atoms with Crippen LogP contribution in [-0.4, -0.2) is 267 Å². The molecule has 6 N–H and O–H groups in total. The van der Waals surface area contributed by atoms with Crippen molar-refractivity contribution in [2.75, 3.05) is 202 Å². The van der Waals surface area contributed by atoms with E-state index in [2.05, 4.69) is 62.1 Å². The molecule has 6 saturated heterocycles. The van der Waals surface area contributed by atoms with E-state index in [1.165, 1.54) is 0 Å². The zero-order valence-corrected chi connectivity index (χ0v) is 73.1. The number of aliphatic hydroxyl groups is 2. The molecule has 0 spiro atoms. The number of hydrogen-bond acceptors (Lipinski definition) is 28. The highest BCUT2D eigenvalue weighted by Crippen LogP contribution is 2.42. The van der Waals surface area contributed by atoms with E-state index in [0.29, 0.717) is 195 Å². The summed E-state index contributed by atoms with van der Waals surface area (Å²) in [5, 5.41) is 32.9. The number of carbonyl (C=O) groups excluding carboxylic acids is 5. The number of benzene rings is 4. The smallest absolute Gasteiger partial charge is 0.246 e. The summed E-state index contributed by atoms with van der Waals surface area (Å²) in [6.45, 7) is 11.5. The van der Waals surface area contributed by atoms with Crippen LogP contribution in [0.25, 0.3) is 0 Å². The van der Waals surface area contributed by atoms with Crippen LogP contribution in [0.5, 0.6) is 0 Å². The molecule has 5 amide bonds. The number of aromatic nitrogens is 8. The van der Waals surface area contributed by atoms with Crippen molar-refractivity contribution in [2.45, 2.75) is 121 Å². The quantitative estimate of drug-likeness (QED) is 0.0563. The van der Waals surface area contributed by atoms with E-state index in [9.17, 15) is 51.0 Å². The van der Waals surface area contributed by atoms with E-state index >= 15 is 0 Å².